The van der Waals surface area contributed by atoms with Gasteiger partial charge in [0.15, 0.2) is 18.2 Å². The number of rotatable bonds is 5. The number of aromatic nitrogens is 2. The van der Waals surface area contributed by atoms with Gasteiger partial charge in [0.2, 0.25) is 0 Å². The predicted molar refractivity (Wildman–Crippen MR) is 84.5 cm³/mol. The first-order chi connectivity index (χ1) is 11.2. The van der Waals surface area contributed by atoms with Gasteiger partial charge in [0, 0.05) is 23.6 Å². The van der Waals surface area contributed by atoms with Gasteiger partial charge in [-0.3, -0.25) is 4.79 Å². The molecule has 0 aliphatic heterocycles. The number of imidazole rings is 1. The van der Waals surface area contributed by atoms with Crippen LogP contribution in [0, 0.1) is 5.82 Å². The molecule has 116 valence electrons. The Morgan fingerprint density at radius 2 is 1.96 bits per heavy atom. The minimum absolute atomic E-state index is 0.0517. The second-order valence-corrected chi connectivity index (χ2v) is 4.78. The molecule has 6 heteroatoms. The van der Waals surface area contributed by atoms with Crippen LogP contribution in [0.25, 0.3) is 11.4 Å². The summed E-state index contributed by atoms with van der Waals surface area (Å²) in [5.74, 6) is -0.0521. The van der Waals surface area contributed by atoms with E-state index in [0.29, 0.717) is 5.69 Å². The summed E-state index contributed by atoms with van der Waals surface area (Å²) in [6, 6.07) is 13.2. The van der Waals surface area contributed by atoms with Crippen LogP contribution in [-0.4, -0.2) is 22.5 Å². The van der Waals surface area contributed by atoms with Gasteiger partial charge in [-0.15, -0.1) is 0 Å². The minimum Gasteiger partial charge on any atom is -0.481 e. The Balaban J connectivity index is 1.57. The number of hydrogen-bond acceptors (Lipinski definition) is 3. The number of para-hydroxylation sites is 1. The lowest BCUT2D eigenvalue weighted by Crippen LogP contribution is -2.20. The Hall–Kier alpha value is -3.15. The third-order valence-corrected chi connectivity index (χ3v) is 3.14. The molecule has 0 radical (unpaired) electrons. The van der Waals surface area contributed by atoms with Crippen LogP contribution in [0.15, 0.2) is 60.9 Å². The molecule has 5 nitrogen and oxygen atoms in total. The molecule has 3 aromatic rings. The Morgan fingerprint density at radius 1 is 1.17 bits per heavy atom. The highest BCUT2D eigenvalue weighted by molar-refractivity contribution is 5.92. The molecule has 2 N–H and O–H groups in total. The maximum absolute atomic E-state index is 13.4. The predicted octanol–water partition coefficient (Wildman–Crippen LogP) is 3.23. The normalized spacial score (nSPS) is 10.3. The zero-order valence-electron chi connectivity index (χ0n) is 12.1. The van der Waals surface area contributed by atoms with Crippen molar-refractivity contribution in [1.29, 1.82) is 0 Å². The first-order valence-corrected chi connectivity index (χ1v) is 6.99. The lowest BCUT2D eigenvalue weighted by molar-refractivity contribution is -0.118. The number of amides is 1. The van der Waals surface area contributed by atoms with Gasteiger partial charge < -0.3 is 15.0 Å². The number of aromatic amines is 1. The van der Waals surface area contributed by atoms with Gasteiger partial charge in [0.25, 0.3) is 5.91 Å². The molecule has 3 rings (SSSR count). The van der Waals surface area contributed by atoms with E-state index in [1.807, 2.05) is 12.1 Å². The molecule has 1 amide bonds. The minimum atomic E-state index is -0.497. The summed E-state index contributed by atoms with van der Waals surface area (Å²) in [6.45, 7) is -0.263. The maximum atomic E-state index is 13.4. The number of nitrogens with one attached hydrogen (secondary N) is 2. The summed E-state index contributed by atoms with van der Waals surface area (Å²) in [6.07, 6.45) is 3.41. The molecule has 0 saturated heterocycles. The standard InChI is InChI=1S/C17H14FN3O2/c18-14-3-1-2-4-15(14)23-11-16(22)21-13-7-5-12(6-8-13)17-19-9-10-20-17/h1-10H,11H2,(H,19,20)(H,21,22). The van der Waals surface area contributed by atoms with Crippen molar-refractivity contribution in [2.75, 3.05) is 11.9 Å². The topological polar surface area (TPSA) is 67.0 Å². The molecule has 2 aromatic carbocycles. The number of benzene rings is 2. The summed E-state index contributed by atoms with van der Waals surface area (Å²) < 4.78 is 18.5. The number of nitrogens with zero attached hydrogens (tertiary/aromatic N) is 1. The molecule has 23 heavy (non-hydrogen) atoms. The molecule has 0 aliphatic carbocycles. The van der Waals surface area contributed by atoms with Gasteiger partial charge in [-0.05, 0) is 36.4 Å². The molecular formula is C17H14FN3O2. The number of anilines is 1. The number of ether oxygens (including phenoxy) is 1. The summed E-state index contributed by atoms with van der Waals surface area (Å²) in [5, 5.41) is 2.69. The number of hydrogen-bond donors (Lipinski definition) is 2. The van der Waals surface area contributed by atoms with Gasteiger partial charge >= 0.3 is 0 Å². The average molecular weight is 311 g/mol. The number of carbonyl (C=O) groups is 1. The Morgan fingerprint density at radius 3 is 2.65 bits per heavy atom. The van der Waals surface area contributed by atoms with E-state index in [2.05, 4.69) is 15.3 Å². The highest BCUT2D eigenvalue weighted by Crippen LogP contribution is 2.18. The molecule has 0 atom stereocenters. The molecule has 1 aromatic heterocycles. The van der Waals surface area contributed by atoms with E-state index in [-0.39, 0.29) is 18.3 Å². The summed E-state index contributed by atoms with van der Waals surface area (Å²) in [5.41, 5.74) is 1.54. The second-order valence-electron chi connectivity index (χ2n) is 4.78. The number of halogens is 1. The van der Waals surface area contributed by atoms with Crippen LogP contribution in [0.1, 0.15) is 0 Å². The van der Waals surface area contributed by atoms with E-state index in [9.17, 15) is 9.18 Å². The van der Waals surface area contributed by atoms with Gasteiger partial charge in [-0.1, -0.05) is 12.1 Å². The number of carbonyl (C=O) groups excluding carboxylic acids is 1. The molecule has 0 bridgehead atoms. The Labute approximate surface area is 132 Å². The molecule has 0 aliphatic rings. The molecular weight excluding hydrogens is 297 g/mol. The average Bonchev–Trinajstić information content (AvgIpc) is 3.09. The van der Waals surface area contributed by atoms with Crippen molar-refractivity contribution in [2.45, 2.75) is 0 Å². The fourth-order valence-corrected chi connectivity index (χ4v) is 2.04. The summed E-state index contributed by atoms with van der Waals surface area (Å²) in [4.78, 5) is 19.0. The van der Waals surface area contributed by atoms with E-state index in [4.69, 9.17) is 4.74 Å². The van der Waals surface area contributed by atoms with E-state index in [1.165, 1.54) is 12.1 Å². The van der Waals surface area contributed by atoms with Gasteiger partial charge in [0.1, 0.15) is 5.82 Å². The maximum Gasteiger partial charge on any atom is 0.262 e. The van der Waals surface area contributed by atoms with Crippen LogP contribution in [0.2, 0.25) is 0 Å². The smallest absolute Gasteiger partial charge is 0.262 e. The monoisotopic (exact) mass is 311 g/mol. The lowest BCUT2D eigenvalue weighted by atomic mass is 10.2. The number of H-pyrrole nitrogens is 1. The van der Waals surface area contributed by atoms with Crippen molar-refractivity contribution < 1.29 is 13.9 Å². The van der Waals surface area contributed by atoms with Crippen molar-refractivity contribution >= 4 is 11.6 Å². The van der Waals surface area contributed by atoms with E-state index in [1.54, 1.807) is 36.7 Å². The van der Waals surface area contributed by atoms with Crippen LogP contribution < -0.4 is 10.1 Å². The van der Waals surface area contributed by atoms with Crippen molar-refractivity contribution in [3.63, 3.8) is 0 Å². The van der Waals surface area contributed by atoms with E-state index >= 15 is 0 Å². The van der Waals surface area contributed by atoms with Crippen molar-refractivity contribution in [2.24, 2.45) is 0 Å². The van der Waals surface area contributed by atoms with Crippen LogP contribution in [-0.2, 0) is 4.79 Å². The zero-order chi connectivity index (χ0) is 16.1. The SMILES string of the molecule is O=C(COc1ccccc1F)Nc1ccc(-c2ncc[nH]2)cc1. The van der Waals surface area contributed by atoms with Crippen LogP contribution >= 0.6 is 0 Å². The molecule has 0 spiro atoms. The highest BCUT2D eigenvalue weighted by Gasteiger charge is 2.07. The molecule has 0 saturated carbocycles. The van der Waals surface area contributed by atoms with Crippen LogP contribution in [0.5, 0.6) is 5.75 Å². The van der Waals surface area contributed by atoms with E-state index < -0.39 is 5.82 Å². The first-order valence-electron chi connectivity index (χ1n) is 6.99. The van der Waals surface area contributed by atoms with Gasteiger partial charge in [0.05, 0.1) is 0 Å². The van der Waals surface area contributed by atoms with Crippen LogP contribution in [0.4, 0.5) is 10.1 Å². The summed E-state index contributed by atoms with van der Waals surface area (Å²) >= 11 is 0. The zero-order valence-corrected chi connectivity index (χ0v) is 12.1. The van der Waals surface area contributed by atoms with Crippen LogP contribution in [0.3, 0.4) is 0 Å². The third-order valence-electron chi connectivity index (χ3n) is 3.14. The quantitative estimate of drug-likeness (QED) is 0.760. The highest BCUT2D eigenvalue weighted by atomic mass is 19.1. The molecule has 1 heterocycles. The fourth-order valence-electron chi connectivity index (χ4n) is 2.04. The first kappa shape index (κ1) is 14.8. The second kappa shape index (κ2) is 6.74. The third kappa shape index (κ3) is 3.74. The lowest BCUT2D eigenvalue weighted by Gasteiger charge is -2.08. The van der Waals surface area contributed by atoms with E-state index in [0.717, 1.165) is 11.4 Å². The molecule has 0 unspecified atom stereocenters. The van der Waals surface area contributed by atoms with Crippen molar-refractivity contribution in [1.82, 2.24) is 9.97 Å². The Bertz CT molecular complexity index is 786. The fraction of sp³-hybridized carbons (Fsp3) is 0.0588. The molecule has 0 fully saturated rings. The Kier molecular flexibility index (Phi) is 4.33. The van der Waals surface area contributed by atoms with Crippen molar-refractivity contribution in [3.8, 4) is 17.1 Å². The largest absolute Gasteiger partial charge is 0.481 e. The van der Waals surface area contributed by atoms with Gasteiger partial charge in [-0.2, -0.15) is 0 Å². The van der Waals surface area contributed by atoms with Crippen molar-refractivity contribution in [3.05, 3.63) is 66.7 Å². The van der Waals surface area contributed by atoms with Gasteiger partial charge in [-0.25, -0.2) is 9.37 Å². The summed E-state index contributed by atoms with van der Waals surface area (Å²) in [7, 11) is 0.